The number of nitrogens with one attached hydrogen (secondary N) is 1. The first-order valence-electron chi connectivity index (χ1n) is 4.65. The molecule has 1 atom stereocenters. The molecule has 2 aromatic rings. The van der Waals surface area contributed by atoms with Crippen LogP contribution in [0.3, 0.4) is 0 Å². The van der Waals surface area contributed by atoms with E-state index in [0.717, 1.165) is 5.56 Å². The highest BCUT2D eigenvalue weighted by Crippen LogP contribution is 2.14. The second-order valence-electron chi connectivity index (χ2n) is 3.12. The Balaban J connectivity index is 2.05. The van der Waals surface area contributed by atoms with Gasteiger partial charge in [-0.2, -0.15) is 0 Å². The maximum absolute atomic E-state index is 11.7. The molecule has 0 unspecified atom stereocenters. The summed E-state index contributed by atoms with van der Waals surface area (Å²) in [6.07, 6.45) is 0. The molecule has 0 fully saturated rings. The molecule has 0 aliphatic carbocycles. The molecular weight excluding hydrogens is 224 g/mol. The van der Waals surface area contributed by atoms with Crippen LogP contribution in [0.4, 0.5) is 5.13 Å². The van der Waals surface area contributed by atoms with Gasteiger partial charge in [-0.25, -0.2) is 0 Å². The molecule has 0 spiro atoms. The predicted molar refractivity (Wildman–Crippen MR) is 61.9 cm³/mol. The Bertz CT molecular complexity index is 457. The summed E-state index contributed by atoms with van der Waals surface area (Å²) in [7, 11) is 0. The van der Waals surface area contributed by atoms with Crippen LogP contribution in [0.5, 0.6) is 0 Å². The Labute approximate surface area is 96.3 Å². The molecule has 0 radical (unpaired) electrons. The first-order valence-corrected chi connectivity index (χ1v) is 5.53. The van der Waals surface area contributed by atoms with Gasteiger partial charge in [-0.05, 0) is 5.56 Å². The Morgan fingerprint density at radius 2 is 2.12 bits per heavy atom. The van der Waals surface area contributed by atoms with Crippen LogP contribution in [-0.4, -0.2) is 16.1 Å². The van der Waals surface area contributed by atoms with E-state index in [1.807, 2.05) is 30.3 Å². The van der Waals surface area contributed by atoms with Gasteiger partial charge in [-0.1, -0.05) is 41.7 Å². The van der Waals surface area contributed by atoms with Crippen molar-refractivity contribution in [2.75, 3.05) is 5.32 Å². The third-order valence-electron chi connectivity index (χ3n) is 2.03. The topological polar surface area (TPSA) is 80.9 Å². The van der Waals surface area contributed by atoms with Gasteiger partial charge in [-0.15, -0.1) is 10.2 Å². The Morgan fingerprint density at radius 1 is 1.38 bits per heavy atom. The molecule has 0 bridgehead atoms. The number of hydrogen-bond donors (Lipinski definition) is 2. The predicted octanol–water partition coefficient (Wildman–Crippen LogP) is 1.18. The van der Waals surface area contributed by atoms with Gasteiger partial charge in [0.15, 0.2) is 0 Å². The SMILES string of the molecule is N[C@@H](C(=O)Nc1nncs1)c1ccccc1. The molecular formula is C10H10N4OS. The molecule has 1 aromatic heterocycles. The first kappa shape index (κ1) is 10.7. The standard InChI is InChI=1S/C10H10N4OS/c11-8(7-4-2-1-3-5-7)9(15)13-10-14-12-6-16-10/h1-6,8H,11H2,(H,13,14,15)/t8-/m1/s1. The smallest absolute Gasteiger partial charge is 0.247 e. The molecule has 6 heteroatoms. The number of nitrogens with two attached hydrogens (primary N) is 1. The number of amides is 1. The lowest BCUT2D eigenvalue weighted by Crippen LogP contribution is -2.27. The van der Waals surface area contributed by atoms with E-state index < -0.39 is 6.04 Å². The summed E-state index contributed by atoms with van der Waals surface area (Å²) < 4.78 is 0. The monoisotopic (exact) mass is 234 g/mol. The first-order chi connectivity index (χ1) is 7.77. The zero-order valence-electron chi connectivity index (χ0n) is 8.33. The number of benzene rings is 1. The van der Waals surface area contributed by atoms with Crippen molar-refractivity contribution in [2.45, 2.75) is 6.04 Å². The molecule has 5 nitrogen and oxygen atoms in total. The van der Waals surface area contributed by atoms with E-state index in [9.17, 15) is 4.79 Å². The minimum Gasteiger partial charge on any atom is -0.316 e. The molecule has 2 rings (SSSR count). The normalized spacial score (nSPS) is 12.1. The minimum atomic E-state index is -0.690. The number of aromatic nitrogens is 2. The van der Waals surface area contributed by atoms with Crippen molar-refractivity contribution in [3.8, 4) is 0 Å². The average Bonchev–Trinajstić information content (AvgIpc) is 2.82. The highest BCUT2D eigenvalue weighted by molar-refractivity contribution is 7.13. The number of carbonyl (C=O) groups is 1. The number of carbonyl (C=O) groups excluding carboxylic acids is 1. The van der Waals surface area contributed by atoms with E-state index >= 15 is 0 Å². The molecule has 0 saturated carbocycles. The van der Waals surface area contributed by atoms with Gasteiger partial charge in [0.1, 0.15) is 11.6 Å². The fourth-order valence-corrected chi connectivity index (χ4v) is 1.67. The van der Waals surface area contributed by atoms with E-state index in [1.165, 1.54) is 11.3 Å². The Morgan fingerprint density at radius 3 is 2.75 bits per heavy atom. The van der Waals surface area contributed by atoms with Gasteiger partial charge < -0.3 is 5.73 Å². The largest absolute Gasteiger partial charge is 0.316 e. The van der Waals surface area contributed by atoms with Crippen molar-refractivity contribution in [1.82, 2.24) is 10.2 Å². The van der Waals surface area contributed by atoms with Crippen LogP contribution in [-0.2, 0) is 4.79 Å². The fourth-order valence-electron chi connectivity index (χ4n) is 1.22. The van der Waals surface area contributed by atoms with Crippen LogP contribution in [0, 0.1) is 0 Å². The van der Waals surface area contributed by atoms with Crippen molar-refractivity contribution in [2.24, 2.45) is 5.73 Å². The lowest BCUT2D eigenvalue weighted by atomic mass is 10.1. The molecule has 16 heavy (non-hydrogen) atoms. The summed E-state index contributed by atoms with van der Waals surface area (Å²) in [6.45, 7) is 0. The van der Waals surface area contributed by atoms with Crippen molar-refractivity contribution >= 4 is 22.4 Å². The number of rotatable bonds is 3. The lowest BCUT2D eigenvalue weighted by molar-refractivity contribution is -0.117. The summed E-state index contributed by atoms with van der Waals surface area (Å²) in [5.74, 6) is -0.289. The van der Waals surface area contributed by atoms with Gasteiger partial charge >= 0.3 is 0 Å². The molecule has 0 aliphatic rings. The number of nitrogens with zero attached hydrogens (tertiary/aromatic N) is 2. The highest BCUT2D eigenvalue weighted by atomic mass is 32.1. The van der Waals surface area contributed by atoms with Crippen LogP contribution >= 0.6 is 11.3 Å². The van der Waals surface area contributed by atoms with Gasteiger partial charge in [-0.3, -0.25) is 10.1 Å². The van der Waals surface area contributed by atoms with Gasteiger partial charge in [0, 0.05) is 0 Å². The average molecular weight is 234 g/mol. The third kappa shape index (κ3) is 2.41. The second kappa shape index (κ2) is 4.82. The zero-order valence-corrected chi connectivity index (χ0v) is 9.15. The molecule has 1 aromatic carbocycles. The van der Waals surface area contributed by atoms with Crippen molar-refractivity contribution in [1.29, 1.82) is 0 Å². The molecule has 3 N–H and O–H groups in total. The zero-order chi connectivity index (χ0) is 11.4. The van der Waals surface area contributed by atoms with Crippen molar-refractivity contribution in [3.63, 3.8) is 0 Å². The minimum absolute atomic E-state index is 0.289. The maximum atomic E-state index is 11.7. The molecule has 82 valence electrons. The third-order valence-corrected chi connectivity index (χ3v) is 2.64. The summed E-state index contributed by atoms with van der Waals surface area (Å²) in [4.78, 5) is 11.7. The van der Waals surface area contributed by atoms with Gasteiger partial charge in [0.2, 0.25) is 11.0 Å². The lowest BCUT2D eigenvalue weighted by Gasteiger charge is -2.10. The number of hydrogen-bond acceptors (Lipinski definition) is 5. The fraction of sp³-hybridized carbons (Fsp3) is 0.100. The number of anilines is 1. The van der Waals surface area contributed by atoms with E-state index in [4.69, 9.17) is 5.73 Å². The summed E-state index contributed by atoms with van der Waals surface area (Å²) in [5, 5.41) is 10.4. The molecule has 1 amide bonds. The Kier molecular flexibility index (Phi) is 3.23. The van der Waals surface area contributed by atoms with E-state index in [-0.39, 0.29) is 5.91 Å². The van der Waals surface area contributed by atoms with E-state index in [2.05, 4.69) is 15.5 Å². The van der Waals surface area contributed by atoms with Crippen molar-refractivity contribution < 1.29 is 4.79 Å². The highest BCUT2D eigenvalue weighted by Gasteiger charge is 2.16. The quantitative estimate of drug-likeness (QED) is 0.835. The summed E-state index contributed by atoms with van der Waals surface area (Å²) in [5.41, 5.74) is 8.11. The molecule has 0 saturated heterocycles. The van der Waals surface area contributed by atoms with Gasteiger partial charge in [0.25, 0.3) is 0 Å². The van der Waals surface area contributed by atoms with Crippen LogP contribution in [0.1, 0.15) is 11.6 Å². The van der Waals surface area contributed by atoms with Crippen LogP contribution in [0.25, 0.3) is 0 Å². The van der Waals surface area contributed by atoms with Gasteiger partial charge in [0.05, 0.1) is 0 Å². The van der Waals surface area contributed by atoms with Crippen LogP contribution in [0.15, 0.2) is 35.8 Å². The van der Waals surface area contributed by atoms with E-state index in [1.54, 1.807) is 5.51 Å². The van der Waals surface area contributed by atoms with E-state index in [0.29, 0.717) is 5.13 Å². The van der Waals surface area contributed by atoms with Crippen LogP contribution < -0.4 is 11.1 Å². The Hall–Kier alpha value is -1.79. The van der Waals surface area contributed by atoms with Crippen LogP contribution in [0.2, 0.25) is 0 Å². The maximum Gasteiger partial charge on any atom is 0.247 e. The van der Waals surface area contributed by atoms with Crippen molar-refractivity contribution in [3.05, 3.63) is 41.4 Å². The second-order valence-corrected chi connectivity index (χ2v) is 3.95. The summed E-state index contributed by atoms with van der Waals surface area (Å²) >= 11 is 1.25. The molecule has 1 heterocycles. The summed E-state index contributed by atoms with van der Waals surface area (Å²) in [6, 6.07) is 8.49. The molecule has 0 aliphatic heterocycles.